The Balaban J connectivity index is 2.31. The number of aromatic nitrogens is 1. The van der Waals surface area contributed by atoms with Crippen LogP contribution < -0.4 is 5.32 Å². The highest BCUT2D eigenvalue weighted by atomic mass is 79.9. The standard InChI is InChI=1S/C11H7BrClFN2/c12-8-2-1-5-15-11(8)16-10-4-3-7(13)6-9(10)14/h1-6H,(H,15,16). The monoisotopic (exact) mass is 300 g/mol. The smallest absolute Gasteiger partial charge is 0.148 e. The zero-order valence-electron chi connectivity index (χ0n) is 8.05. The van der Waals surface area contributed by atoms with Crippen LogP contribution in [-0.4, -0.2) is 4.98 Å². The first-order valence-electron chi connectivity index (χ1n) is 4.49. The number of rotatable bonds is 2. The van der Waals surface area contributed by atoms with Crippen LogP contribution in [0, 0.1) is 5.82 Å². The van der Waals surface area contributed by atoms with Crippen molar-refractivity contribution in [3.8, 4) is 0 Å². The Labute approximate surface area is 106 Å². The van der Waals surface area contributed by atoms with Crippen molar-refractivity contribution < 1.29 is 4.39 Å². The second-order valence-electron chi connectivity index (χ2n) is 3.08. The number of nitrogens with one attached hydrogen (secondary N) is 1. The van der Waals surface area contributed by atoms with Crippen molar-refractivity contribution in [2.75, 3.05) is 5.32 Å². The van der Waals surface area contributed by atoms with Gasteiger partial charge in [0.2, 0.25) is 0 Å². The van der Waals surface area contributed by atoms with Crippen molar-refractivity contribution in [3.63, 3.8) is 0 Å². The van der Waals surface area contributed by atoms with Crippen molar-refractivity contribution >= 4 is 39.0 Å². The summed E-state index contributed by atoms with van der Waals surface area (Å²) in [6, 6.07) is 8.04. The zero-order valence-corrected chi connectivity index (χ0v) is 10.4. The molecule has 0 spiro atoms. The first-order chi connectivity index (χ1) is 7.66. The molecule has 0 aliphatic rings. The van der Waals surface area contributed by atoms with E-state index in [1.807, 2.05) is 6.07 Å². The number of benzene rings is 1. The number of hydrogen-bond acceptors (Lipinski definition) is 2. The highest BCUT2D eigenvalue weighted by Gasteiger charge is 2.05. The van der Waals surface area contributed by atoms with Crippen LogP contribution in [0.3, 0.4) is 0 Å². The quantitative estimate of drug-likeness (QED) is 0.890. The lowest BCUT2D eigenvalue weighted by atomic mass is 10.3. The summed E-state index contributed by atoms with van der Waals surface area (Å²) in [6.45, 7) is 0. The summed E-state index contributed by atoms with van der Waals surface area (Å²) in [4.78, 5) is 4.08. The summed E-state index contributed by atoms with van der Waals surface area (Å²) in [5, 5.41) is 3.24. The summed E-state index contributed by atoms with van der Waals surface area (Å²) in [7, 11) is 0. The maximum absolute atomic E-state index is 13.5. The van der Waals surface area contributed by atoms with Crippen molar-refractivity contribution in [1.82, 2.24) is 4.98 Å². The average Bonchev–Trinajstić information content (AvgIpc) is 2.25. The van der Waals surface area contributed by atoms with E-state index >= 15 is 0 Å². The molecule has 0 amide bonds. The molecule has 2 nitrogen and oxygen atoms in total. The Morgan fingerprint density at radius 1 is 1.31 bits per heavy atom. The summed E-state index contributed by atoms with van der Waals surface area (Å²) in [6.07, 6.45) is 1.63. The van der Waals surface area contributed by atoms with Gasteiger partial charge in [-0.1, -0.05) is 11.6 Å². The lowest BCUT2D eigenvalue weighted by molar-refractivity contribution is 0.632. The van der Waals surface area contributed by atoms with Gasteiger partial charge in [-0.2, -0.15) is 0 Å². The molecule has 1 N–H and O–H groups in total. The van der Waals surface area contributed by atoms with Crippen LogP contribution >= 0.6 is 27.5 Å². The SMILES string of the molecule is Fc1cc(Cl)ccc1Nc1ncccc1Br. The molecule has 0 atom stereocenters. The molecule has 16 heavy (non-hydrogen) atoms. The normalized spacial score (nSPS) is 10.2. The largest absolute Gasteiger partial charge is 0.337 e. The van der Waals surface area contributed by atoms with Crippen molar-refractivity contribution in [2.24, 2.45) is 0 Å². The first-order valence-corrected chi connectivity index (χ1v) is 5.66. The van der Waals surface area contributed by atoms with Crippen LogP contribution in [0.4, 0.5) is 15.9 Å². The molecule has 0 aliphatic heterocycles. The fraction of sp³-hybridized carbons (Fsp3) is 0. The molecule has 1 aromatic carbocycles. The molecule has 0 bridgehead atoms. The summed E-state index contributed by atoms with van der Waals surface area (Å²) in [5.41, 5.74) is 0.337. The van der Waals surface area contributed by atoms with Gasteiger partial charge in [0.15, 0.2) is 0 Å². The molecule has 0 aliphatic carbocycles. The van der Waals surface area contributed by atoms with Gasteiger partial charge in [-0.05, 0) is 46.3 Å². The lowest BCUT2D eigenvalue weighted by Crippen LogP contribution is -1.96. The van der Waals surface area contributed by atoms with E-state index in [-0.39, 0.29) is 0 Å². The van der Waals surface area contributed by atoms with E-state index in [2.05, 4.69) is 26.2 Å². The van der Waals surface area contributed by atoms with Gasteiger partial charge in [-0.3, -0.25) is 0 Å². The number of nitrogens with zero attached hydrogens (tertiary/aromatic N) is 1. The van der Waals surface area contributed by atoms with Crippen LogP contribution in [0.1, 0.15) is 0 Å². The molecular formula is C11H7BrClFN2. The Kier molecular flexibility index (Phi) is 3.41. The third-order valence-corrected chi connectivity index (χ3v) is 2.82. The van der Waals surface area contributed by atoms with Gasteiger partial charge in [-0.15, -0.1) is 0 Å². The van der Waals surface area contributed by atoms with Crippen molar-refractivity contribution in [2.45, 2.75) is 0 Å². The first kappa shape index (κ1) is 11.4. The van der Waals surface area contributed by atoms with Gasteiger partial charge in [-0.25, -0.2) is 9.37 Å². The number of halogens is 3. The van der Waals surface area contributed by atoms with E-state index in [0.29, 0.717) is 16.5 Å². The van der Waals surface area contributed by atoms with E-state index in [9.17, 15) is 4.39 Å². The molecule has 2 aromatic rings. The molecule has 5 heteroatoms. The van der Waals surface area contributed by atoms with Crippen LogP contribution in [0.5, 0.6) is 0 Å². The molecule has 1 aromatic heterocycles. The van der Waals surface area contributed by atoms with Crippen LogP contribution in [0.15, 0.2) is 41.0 Å². The van der Waals surface area contributed by atoms with E-state index in [1.54, 1.807) is 24.4 Å². The second-order valence-corrected chi connectivity index (χ2v) is 4.37. The predicted molar refractivity (Wildman–Crippen MR) is 66.6 cm³/mol. The minimum Gasteiger partial charge on any atom is -0.337 e. The average molecular weight is 302 g/mol. The Morgan fingerprint density at radius 2 is 2.12 bits per heavy atom. The molecule has 0 saturated heterocycles. The topological polar surface area (TPSA) is 24.9 Å². The van der Waals surface area contributed by atoms with Gasteiger partial charge in [0.1, 0.15) is 11.6 Å². The van der Waals surface area contributed by atoms with Crippen LogP contribution in [0.2, 0.25) is 5.02 Å². The fourth-order valence-electron chi connectivity index (χ4n) is 1.20. The number of anilines is 2. The van der Waals surface area contributed by atoms with E-state index in [0.717, 1.165) is 4.47 Å². The van der Waals surface area contributed by atoms with E-state index in [4.69, 9.17) is 11.6 Å². The van der Waals surface area contributed by atoms with E-state index < -0.39 is 5.82 Å². The molecule has 2 rings (SSSR count). The Morgan fingerprint density at radius 3 is 2.81 bits per heavy atom. The highest BCUT2D eigenvalue weighted by Crippen LogP contribution is 2.26. The third kappa shape index (κ3) is 2.51. The lowest BCUT2D eigenvalue weighted by Gasteiger charge is -2.08. The van der Waals surface area contributed by atoms with Crippen LogP contribution in [0.25, 0.3) is 0 Å². The Bertz CT molecular complexity index is 519. The Hall–Kier alpha value is -1.13. The summed E-state index contributed by atoms with van der Waals surface area (Å²) in [5.74, 6) is 0.147. The molecule has 1 heterocycles. The van der Waals surface area contributed by atoms with Crippen LogP contribution in [-0.2, 0) is 0 Å². The molecule has 82 valence electrons. The van der Waals surface area contributed by atoms with E-state index in [1.165, 1.54) is 6.07 Å². The maximum atomic E-state index is 13.5. The molecule has 0 fully saturated rings. The minimum absolute atomic E-state index is 0.337. The van der Waals surface area contributed by atoms with Gasteiger partial charge in [0.05, 0.1) is 10.2 Å². The van der Waals surface area contributed by atoms with Gasteiger partial charge >= 0.3 is 0 Å². The van der Waals surface area contributed by atoms with Crippen molar-refractivity contribution in [1.29, 1.82) is 0 Å². The zero-order chi connectivity index (χ0) is 11.5. The predicted octanol–water partition coefficient (Wildman–Crippen LogP) is 4.38. The molecular weight excluding hydrogens is 294 g/mol. The minimum atomic E-state index is -0.412. The second kappa shape index (κ2) is 4.80. The number of pyridine rings is 1. The fourth-order valence-corrected chi connectivity index (χ4v) is 1.71. The van der Waals surface area contributed by atoms with Crippen molar-refractivity contribution in [3.05, 3.63) is 51.8 Å². The molecule has 0 unspecified atom stereocenters. The molecule has 0 radical (unpaired) electrons. The maximum Gasteiger partial charge on any atom is 0.148 e. The summed E-state index contributed by atoms with van der Waals surface area (Å²) < 4.78 is 14.2. The summed E-state index contributed by atoms with van der Waals surface area (Å²) >= 11 is 8.98. The van der Waals surface area contributed by atoms with Gasteiger partial charge < -0.3 is 5.32 Å². The molecule has 0 saturated carbocycles. The van der Waals surface area contributed by atoms with Gasteiger partial charge in [0.25, 0.3) is 0 Å². The van der Waals surface area contributed by atoms with Gasteiger partial charge in [0, 0.05) is 11.2 Å². The third-order valence-electron chi connectivity index (χ3n) is 1.94. The highest BCUT2D eigenvalue weighted by molar-refractivity contribution is 9.10. The number of hydrogen-bond donors (Lipinski definition) is 1.